The maximum absolute atomic E-state index is 13.3. The number of nitrogens with zero attached hydrogens (tertiary/aromatic N) is 3. The second kappa shape index (κ2) is 8.37. The number of morpholine rings is 1. The Morgan fingerprint density at radius 1 is 1.37 bits per heavy atom. The summed E-state index contributed by atoms with van der Waals surface area (Å²) < 4.78 is 8.76. The predicted octanol–water partition coefficient (Wildman–Crippen LogP) is -1.31. The summed E-state index contributed by atoms with van der Waals surface area (Å²) in [4.78, 5) is 32.0. The molecule has 0 spiro atoms. The molecule has 0 radical (unpaired) electrons. The summed E-state index contributed by atoms with van der Waals surface area (Å²) in [5.41, 5.74) is 8.53. The van der Waals surface area contributed by atoms with Crippen LogP contribution in [0, 0.1) is 6.92 Å². The molecule has 4 N–H and O–H groups in total. The molecule has 4 rings (SSSR count). The summed E-state index contributed by atoms with van der Waals surface area (Å²) in [7, 11) is 0. The van der Waals surface area contributed by atoms with Gasteiger partial charge in [0.05, 0.1) is 13.2 Å². The SMILES string of the molecule is CCNC(=O)c1cc2c(=O)n3cc(C)ccc3nc2[n+](CC[NH+]2CCOCC2)c1N. The van der Waals surface area contributed by atoms with Crippen LogP contribution in [0.15, 0.2) is 29.2 Å². The van der Waals surface area contributed by atoms with E-state index >= 15 is 0 Å². The average molecular weight is 412 g/mol. The second-order valence-electron chi connectivity index (χ2n) is 7.66. The highest BCUT2D eigenvalue weighted by Crippen LogP contribution is 2.14. The number of carbonyl (C=O) groups is 1. The van der Waals surface area contributed by atoms with Crippen molar-refractivity contribution in [3.63, 3.8) is 0 Å². The van der Waals surface area contributed by atoms with Gasteiger partial charge in [0, 0.05) is 12.7 Å². The zero-order chi connectivity index (χ0) is 21.3. The molecule has 0 bridgehead atoms. The number of carbonyl (C=O) groups excluding carboxylic acids is 1. The van der Waals surface area contributed by atoms with E-state index in [1.165, 1.54) is 9.30 Å². The summed E-state index contributed by atoms with van der Waals surface area (Å²) in [6, 6.07) is 5.31. The van der Waals surface area contributed by atoms with E-state index in [1.807, 2.05) is 30.5 Å². The van der Waals surface area contributed by atoms with Crippen LogP contribution < -0.4 is 26.1 Å². The van der Waals surface area contributed by atoms with E-state index in [-0.39, 0.29) is 11.5 Å². The molecule has 158 valence electrons. The third-order valence-electron chi connectivity index (χ3n) is 5.57. The molecule has 3 aromatic heterocycles. The zero-order valence-corrected chi connectivity index (χ0v) is 17.4. The molecule has 9 nitrogen and oxygen atoms in total. The molecule has 30 heavy (non-hydrogen) atoms. The van der Waals surface area contributed by atoms with E-state index in [9.17, 15) is 9.59 Å². The van der Waals surface area contributed by atoms with Gasteiger partial charge in [0.15, 0.2) is 0 Å². The van der Waals surface area contributed by atoms with Gasteiger partial charge in [-0.3, -0.25) is 14.0 Å². The van der Waals surface area contributed by atoms with Crippen molar-refractivity contribution in [3.05, 3.63) is 45.9 Å². The van der Waals surface area contributed by atoms with E-state index < -0.39 is 0 Å². The minimum Gasteiger partial charge on any atom is -0.370 e. The number of ether oxygens (including phenoxy) is 1. The molecular formula is C21H28N6O3+2. The first-order valence-electron chi connectivity index (χ1n) is 10.3. The molecule has 0 unspecified atom stereocenters. The fourth-order valence-corrected chi connectivity index (χ4v) is 3.90. The number of nitrogen functional groups attached to an aromatic ring is 1. The largest absolute Gasteiger partial charge is 0.370 e. The van der Waals surface area contributed by atoms with Gasteiger partial charge >= 0.3 is 0 Å². The smallest absolute Gasteiger partial charge is 0.278 e. The molecule has 9 heteroatoms. The highest BCUT2D eigenvalue weighted by atomic mass is 16.5. The van der Waals surface area contributed by atoms with Crippen LogP contribution in [0.4, 0.5) is 5.82 Å². The number of pyridine rings is 2. The number of anilines is 1. The maximum atomic E-state index is 13.3. The minimum absolute atomic E-state index is 0.211. The number of fused-ring (bicyclic) bond motifs is 2. The number of hydrogen-bond donors (Lipinski definition) is 3. The summed E-state index contributed by atoms with van der Waals surface area (Å²) >= 11 is 0. The predicted molar refractivity (Wildman–Crippen MR) is 113 cm³/mol. The molecule has 1 fully saturated rings. The Hall–Kier alpha value is -3.04. The van der Waals surface area contributed by atoms with Gasteiger partial charge in [0.1, 0.15) is 37.1 Å². The number of aromatic nitrogens is 3. The molecule has 0 saturated carbocycles. The van der Waals surface area contributed by atoms with Gasteiger partial charge in [-0.15, -0.1) is 0 Å². The summed E-state index contributed by atoms with van der Waals surface area (Å²) in [5, 5.41) is 3.16. The fourth-order valence-electron chi connectivity index (χ4n) is 3.90. The molecule has 1 aliphatic heterocycles. The summed E-state index contributed by atoms with van der Waals surface area (Å²) in [5.74, 6) is 0.0302. The first-order chi connectivity index (χ1) is 14.5. The Bertz CT molecular complexity index is 1170. The average Bonchev–Trinajstić information content (AvgIpc) is 2.74. The van der Waals surface area contributed by atoms with E-state index in [0.29, 0.717) is 41.2 Å². The van der Waals surface area contributed by atoms with Crippen LogP contribution >= 0.6 is 0 Å². The van der Waals surface area contributed by atoms with Crippen LogP contribution in [-0.2, 0) is 11.3 Å². The van der Waals surface area contributed by atoms with E-state index in [0.717, 1.165) is 38.4 Å². The molecule has 3 aromatic rings. The monoisotopic (exact) mass is 412 g/mol. The van der Waals surface area contributed by atoms with Crippen LogP contribution in [0.25, 0.3) is 16.7 Å². The van der Waals surface area contributed by atoms with Crippen molar-refractivity contribution in [2.45, 2.75) is 20.4 Å². The summed E-state index contributed by atoms with van der Waals surface area (Å²) in [6.07, 6.45) is 1.76. The highest BCUT2D eigenvalue weighted by molar-refractivity contribution is 6.00. The van der Waals surface area contributed by atoms with E-state index in [4.69, 9.17) is 15.5 Å². The Balaban J connectivity index is 1.89. The van der Waals surface area contributed by atoms with Gasteiger partial charge in [0.2, 0.25) is 11.5 Å². The fraction of sp³-hybridized carbons (Fsp3) is 0.429. The second-order valence-corrected chi connectivity index (χ2v) is 7.66. The first kappa shape index (κ1) is 20.2. The van der Waals surface area contributed by atoms with Gasteiger partial charge in [-0.05, 0) is 31.5 Å². The van der Waals surface area contributed by atoms with Gasteiger partial charge in [-0.2, -0.15) is 0 Å². The standard InChI is InChI=1S/C21H26N6O3/c1-3-23-20(28)15-12-16-19(24-17-5-4-14(2)13-27(17)21(16)29)26(18(15)22)7-6-25-8-10-30-11-9-25/h4-5,12-13,22H,3,6-11H2,1-2H3,(H,23,28)/p+2. The maximum Gasteiger partial charge on any atom is 0.278 e. The Labute approximate surface area is 174 Å². The molecule has 1 aliphatic rings. The lowest BCUT2D eigenvalue weighted by Gasteiger charge is -2.23. The number of hydrogen-bond acceptors (Lipinski definition) is 5. The third kappa shape index (κ3) is 3.73. The van der Waals surface area contributed by atoms with Crippen molar-refractivity contribution in [2.75, 3.05) is 45.1 Å². The molecule has 0 aliphatic carbocycles. The number of amides is 1. The van der Waals surface area contributed by atoms with Crippen LogP contribution in [-0.4, -0.2) is 54.7 Å². The van der Waals surface area contributed by atoms with Crippen molar-refractivity contribution in [1.29, 1.82) is 0 Å². The van der Waals surface area contributed by atoms with Crippen LogP contribution in [0.5, 0.6) is 0 Å². The molecular weight excluding hydrogens is 384 g/mol. The molecule has 1 saturated heterocycles. The Morgan fingerprint density at radius 2 is 2.13 bits per heavy atom. The van der Waals surface area contributed by atoms with Gasteiger partial charge in [-0.25, -0.2) is 4.57 Å². The van der Waals surface area contributed by atoms with Crippen LogP contribution in [0.1, 0.15) is 22.8 Å². The number of nitrogens with two attached hydrogens (primary N) is 1. The quantitative estimate of drug-likeness (QED) is 0.356. The van der Waals surface area contributed by atoms with E-state index in [2.05, 4.69) is 5.32 Å². The third-order valence-corrected chi connectivity index (χ3v) is 5.57. The number of aryl methyl sites for hydroxylation is 1. The van der Waals surface area contributed by atoms with Crippen molar-refractivity contribution in [3.8, 4) is 0 Å². The first-order valence-corrected chi connectivity index (χ1v) is 10.3. The molecule has 0 atom stereocenters. The van der Waals surface area contributed by atoms with Crippen molar-refractivity contribution in [2.24, 2.45) is 0 Å². The number of rotatable bonds is 5. The minimum atomic E-state index is -0.293. The topological polar surface area (TPSA) is 107 Å². The lowest BCUT2D eigenvalue weighted by atomic mass is 10.1. The van der Waals surface area contributed by atoms with Crippen molar-refractivity contribution < 1.29 is 19.0 Å². The number of nitrogens with one attached hydrogen (secondary N) is 2. The lowest BCUT2D eigenvalue weighted by molar-refractivity contribution is -0.923. The van der Waals surface area contributed by atoms with Crippen LogP contribution in [0.2, 0.25) is 0 Å². The van der Waals surface area contributed by atoms with E-state index in [1.54, 1.807) is 12.3 Å². The lowest BCUT2D eigenvalue weighted by Crippen LogP contribution is -3.14. The van der Waals surface area contributed by atoms with Gasteiger partial charge < -0.3 is 20.7 Å². The van der Waals surface area contributed by atoms with Gasteiger partial charge in [0.25, 0.3) is 17.1 Å². The highest BCUT2D eigenvalue weighted by Gasteiger charge is 2.25. The van der Waals surface area contributed by atoms with Crippen molar-refractivity contribution >= 4 is 28.4 Å². The molecule has 4 heterocycles. The van der Waals surface area contributed by atoms with Gasteiger partial charge in [-0.1, -0.05) is 11.1 Å². The van der Waals surface area contributed by atoms with Crippen molar-refractivity contribution in [1.82, 2.24) is 14.7 Å². The summed E-state index contributed by atoms with van der Waals surface area (Å²) in [6.45, 7) is 8.92. The van der Waals surface area contributed by atoms with Crippen LogP contribution in [0.3, 0.4) is 0 Å². The Morgan fingerprint density at radius 3 is 2.87 bits per heavy atom. The normalized spacial score (nSPS) is 15.0. The number of quaternary nitrogens is 1. The Kier molecular flexibility index (Phi) is 5.65. The molecule has 1 amide bonds. The zero-order valence-electron chi connectivity index (χ0n) is 17.4. The molecule has 0 aromatic carbocycles.